The summed E-state index contributed by atoms with van der Waals surface area (Å²) in [5.41, 5.74) is 3.14. The monoisotopic (exact) mass is 364 g/mol. The Morgan fingerprint density at radius 1 is 1.19 bits per heavy atom. The zero-order chi connectivity index (χ0) is 18.6. The Kier molecular flexibility index (Phi) is 5.03. The summed E-state index contributed by atoms with van der Waals surface area (Å²) >= 11 is 0. The molecule has 4 rings (SSSR count). The van der Waals surface area contributed by atoms with Crippen LogP contribution >= 0.6 is 0 Å². The third-order valence-electron chi connectivity index (χ3n) is 4.84. The number of aromatic nitrogens is 1. The van der Waals surface area contributed by atoms with Gasteiger partial charge in [0, 0.05) is 42.7 Å². The van der Waals surface area contributed by atoms with Gasteiger partial charge in [-0.25, -0.2) is 4.39 Å². The number of para-hydroxylation sites is 1. The molecule has 2 heterocycles. The molecular formula is C22H21FN2O2. The number of methoxy groups -OCH3 is 1. The Hall–Kier alpha value is -2.92. The van der Waals surface area contributed by atoms with E-state index in [-0.39, 0.29) is 5.82 Å². The van der Waals surface area contributed by atoms with Gasteiger partial charge in [-0.2, -0.15) is 0 Å². The number of benzene rings is 2. The summed E-state index contributed by atoms with van der Waals surface area (Å²) in [7, 11) is 1.68. The Morgan fingerprint density at radius 3 is 2.85 bits per heavy atom. The van der Waals surface area contributed by atoms with Crippen LogP contribution in [0.3, 0.4) is 0 Å². The predicted molar refractivity (Wildman–Crippen MR) is 103 cm³/mol. The number of fused-ring (bicyclic) bond motifs is 1. The molecule has 27 heavy (non-hydrogen) atoms. The summed E-state index contributed by atoms with van der Waals surface area (Å²) in [5, 5.41) is 4.14. The number of ether oxygens (including phenoxy) is 1. The molecule has 3 aromatic rings. The lowest BCUT2D eigenvalue weighted by Gasteiger charge is -2.24. The molecule has 0 aliphatic carbocycles. The Bertz CT molecular complexity index is 964. The maximum atomic E-state index is 14.2. The number of hydrogen-bond donors (Lipinski definition) is 0. The lowest BCUT2D eigenvalue weighted by molar-refractivity contribution is 0.258. The highest BCUT2D eigenvalue weighted by Gasteiger charge is 2.25. The first kappa shape index (κ1) is 17.5. The van der Waals surface area contributed by atoms with Gasteiger partial charge in [-0.3, -0.25) is 4.90 Å². The molecule has 138 valence electrons. The van der Waals surface area contributed by atoms with Crippen LogP contribution in [0.25, 0.3) is 17.3 Å². The maximum absolute atomic E-state index is 14.2. The molecule has 1 aromatic heterocycles. The Morgan fingerprint density at radius 2 is 2.00 bits per heavy atom. The molecule has 0 N–H and O–H groups in total. The molecular weight excluding hydrogens is 343 g/mol. The van der Waals surface area contributed by atoms with Crippen molar-refractivity contribution < 1.29 is 13.7 Å². The van der Waals surface area contributed by atoms with E-state index in [4.69, 9.17) is 9.26 Å². The van der Waals surface area contributed by atoms with Gasteiger partial charge in [-0.1, -0.05) is 47.6 Å². The molecule has 0 spiro atoms. The van der Waals surface area contributed by atoms with Crippen LogP contribution in [0.15, 0.2) is 59.1 Å². The lowest BCUT2D eigenvalue weighted by Crippen LogP contribution is -2.30. The SMILES string of the molecule is COc1ccccc1/C=C/CN1CCc2onc(-c3ccccc3F)c2C1. The van der Waals surface area contributed by atoms with Gasteiger partial charge in [0.25, 0.3) is 0 Å². The first-order chi connectivity index (χ1) is 13.3. The van der Waals surface area contributed by atoms with Crippen LogP contribution < -0.4 is 4.74 Å². The van der Waals surface area contributed by atoms with Gasteiger partial charge < -0.3 is 9.26 Å². The van der Waals surface area contributed by atoms with Crippen LogP contribution in [0.5, 0.6) is 5.75 Å². The van der Waals surface area contributed by atoms with Crippen molar-refractivity contribution in [3.05, 3.63) is 77.3 Å². The highest BCUT2D eigenvalue weighted by atomic mass is 19.1. The van der Waals surface area contributed by atoms with Crippen LogP contribution in [0.4, 0.5) is 4.39 Å². The molecule has 0 amide bonds. The second-order valence-corrected chi connectivity index (χ2v) is 6.54. The van der Waals surface area contributed by atoms with Crippen molar-refractivity contribution in [2.24, 2.45) is 0 Å². The summed E-state index contributed by atoms with van der Waals surface area (Å²) in [5.74, 6) is 1.44. The molecule has 0 radical (unpaired) electrons. The highest BCUT2D eigenvalue weighted by Crippen LogP contribution is 2.31. The molecule has 0 bridgehead atoms. The Balaban J connectivity index is 1.50. The molecule has 0 unspecified atom stereocenters. The van der Waals surface area contributed by atoms with Gasteiger partial charge >= 0.3 is 0 Å². The minimum absolute atomic E-state index is 0.276. The van der Waals surface area contributed by atoms with Crippen LogP contribution in [0, 0.1) is 5.82 Å². The van der Waals surface area contributed by atoms with Crippen LogP contribution in [-0.4, -0.2) is 30.3 Å². The number of halogens is 1. The van der Waals surface area contributed by atoms with E-state index >= 15 is 0 Å². The zero-order valence-corrected chi connectivity index (χ0v) is 15.2. The van der Waals surface area contributed by atoms with E-state index in [2.05, 4.69) is 22.2 Å². The number of nitrogens with zero attached hydrogens (tertiary/aromatic N) is 2. The zero-order valence-electron chi connectivity index (χ0n) is 15.2. The minimum atomic E-state index is -0.276. The summed E-state index contributed by atoms with van der Waals surface area (Å²) < 4.78 is 25.0. The standard InChI is InChI=1S/C22H21FN2O2/c1-26-20-11-5-2-7-16(20)8-6-13-25-14-12-21-18(15-25)22(24-27-21)17-9-3-4-10-19(17)23/h2-11H,12-15H2,1H3/b8-6+. The third-order valence-corrected chi connectivity index (χ3v) is 4.84. The normalized spacial score (nSPS) is 14.4. The largest absolute Gasteiger partial charge is 0.496 e. The van der Waals surface area contributed by atoms with Crippen molar-refractivity contribution in [1.29, 1.82) is 0 Å². The van der Waals surface area contributed by atoms with Gasteiger partial charge in [0.1, 0.15) is 23.0 Å². The second kappa shape index (κ2) is 7.76. The maximum Gasteiger partial charge on any atom is 0.143 e. The van der Waals surface area contributed by atoms with Crippen molar-refractivity contribution in [3.8, 4) is 17.0 Å². The molecule has 0 fully saturated rings. The fourth-order valence-electron chi connectivity index (χ4n) is 3.42. The van der Waals surface area contributed by atoms with E-state index in [0.717, 1.165) is 42.1 Å². The average molecular weight is 364 g/mol. The van der Waals surface area contributed by atoms with Crippen LogP contribution in [-0.2, 0) is 13.0 Å². The predicted octanol–water partition coefficient (Wildman–Crippen LogP) is 4.56. The molecule has 1 aliphatic rings. The number of hydrogen-bond acceptors (Lipinski definition) is 4. The first-order valence-corrected chi connectivity index (χ1v) is 9.00. The van der Waals surface area contributed by atoms with E-state index in [9.17, 15) is 4.39 Å². The van der Waals surface area contributed by atoms with Gasteiger partial charge in [-0.05, 0) is 18.2 Å². The van der Waals surface area contributed by atoms with E-state index in [1.165, 1.54) is 6.07 Å². The first-order valence-electron chi connectivity index (χ1n) is 9.00. The smallest absolute Gasteiger partial charge is 0.143 e. The summed E-state index contributed by atoms with van der Waals surface area (Å²) in [6.07, 6.45) is 4.97. The molecule has 1 aliphatic heterocycles. The van der Waals surface area contributed by atoms with Gasteiger partial charge in [0.2, 0.25) is 0 Å². The fraction of sp³-hybridized carbons (Fsp3) is 0.227. The van der Waals surface area contributed by atoms with Crippen LogP contribution in [0.2, 0.25) is 0 Å². The summed E-state index contributed by atoms with van der Waals surface area (Å²) in [6, 6.07) is 14.6. The van der Waals surface area contributed by atoms with Crippen molar-refractivity contribution in [3.63, 3.8) is 0 Å². The Labute approximate surface area is 157 Å². The second-order valence-electron chi connectivity index (χ2n) is 6.54. The summed E-state index contributed by atoms with van der Waals surface area (Å²) in [6.45, 7) is 2.37. The molecule has 0 saturated heterocycles. The molecule has 0 atom stereocenters. The van der Waals surface area contributed by atoms with Crippen molar-refractivity contribution in [2.45, 2.75) is 13.0 Å². The van der Waals surface area contributed by atoms with Gasteiger partial charge in [-0.15, -0.1) is 0 Å². The van der Waals surface area contributed by atoms with Crippen LogP contribution in [0.1, 0.15) is 16.9 Å². The minimum Gasteiger partial charge on any atom is -0.496 e. The molecule has 5 heteroatoms. The van der Waals surface area contributed by atoms with E-state index in [1.807, 2.05) is 30.3 Å². The van der Waals surface area contributed by atoms with E-state index < -0.39 is 0 Å². The average Bonchev–Trinajstić information content (AvgIpc) is 3.12. The molecule has 2 aromatic carbocycles. The third kappa shape index (κ3) is 3.64. The highest BCUT2D eigenvalue weighted by molar-refractivity contribution is 5.64. The lowest BCUT2D eigenvalue weighted by atomic mass is 10.0. The molecule has 4 nitrogen and oxygen atoms in total. The fourth-order valence-corrected chi connectivity index (χ4v) is 3.42. The van der Waals surface area contributed by atoms with E-state index in [1.54, 1.807) is 19.2 Å². The van der Waals surface area contributed by atoms with E-state index in [0.29, 0.717) is 17.8 Å². The van der Waals surface area contributed by atoms with Gasteiger partial charge in [0.15, 0.2) is 0 Å². The topological polar surface area (TPSA) is 38.5 Å². The molecule has 0 saturated carbocycles. The van der Waals surface area contributed by atoms with Crippen molar-refractivity contribution >= 4 is 6.08 Å². The van der Waals surface area contributed by atoms with Crippen molar-refractivity contribution in [1.82, 2.24) is 10.1 Å². The number of rotatable bonds is 5. The van der Waals surface area contributed by atoms with Crippen molar-refractivity contribution in [2.75, 3.05) is 20.2 Å². The quantitative estimate of drug-likeness (QED) is 0.665. The summed E-state index contributed by atoms with van der Waals surface area (Å²) in [4.78, 5) is 2.30. The van der Waals surface area contributed by atoms with Gasteiger partial charge in [0.05, 0.1) is 7.11 Å².